The number of carbonyl (C=O) groups excluding carboxylic acids is 1. The van der Waals surface area contributed by atoms with Crippen LogP contribution in [0.15, 0.2) is 48.5 Å². The number of fused-ring (bicyclic) bond motifs is 2. The highest BCUT2D eigenvalue weighted by Gasteiger charge is 2.47. The van der Waals surface area contributed by atoms with Gasteiger partial charge in [-0.05, 0) is 79.2 Å². The van der Waals surface area contributed by atoms with E-state index in [-0.39, 0.29) is 17.1 Å². The number of amides is 2. The molecule has 37 heavy (non-hydrogen) atoms. The topological polar surface area (TPSA) is 41.6 Å². The van der Waals surface area contributed by atoms with E-state index in [4.69, 9.17) is 4.74 Å². The Morgan fingerprint density at radius 1 is 1.00 bits per heavy atom. The molecule has 0 aromatic heterocycles. The average Bonchev–Trinajstić information content (AvgIpc) is 2.77. The Balaban J connectivity index is 1.29. The molecule has 0 radical (unpaired) electrons. The van der Waals surface area contributed by atoms with Gasteiger partial charge in [-0.2, -0.15) is 13.2 Å². The van der Waals surface area contributed by atoms with Crippen molar-refractivity contribution < 1.29 is 27.1 Å². The molecule has 200 valence electrons. The summed E-state index contributed by atoms with van der Waals surface area (Å²) in [5.41, 5.74) is -0.560. The molecule has 1 heterocycles. The van der Waals surface area contributed by atoms with Crippen LogP contribution in [0.2, 0.25) is 0 Å². The Kier molecular flexibility index (Phi) is 6.98. The van der Waals surface area contributed by atoms with E-state index in [1.807, 2.05) is 0 Å². The molecule has 2 aromatic rings. The first-order chi connectivity index (χ1) is 17.5. The minimum absolute atomic E-state index is 0.0261. The Bertz CT molecular complexity index is 1090. The van der Waals surface area contributed by atoms with Gasteiger partial charge in [0.15, 0.2) is 0 Å². The maximum atomic E-state index is 13.8. The fraction of sp³-hybridized carbons (Fsp3) is 0.552. The molecule has 2 aromatic carbocycles. The first-order valence-electron chi connectivity index (χ1n) is 13.2. The van der Waals surface area contributed by atoms with Gasteiger partial charge >= 0.3 is 12.2 Å². The molecule has 4 nitrogen and oxygen atoms in total. The van der Waals surface area contributed by atoms with Crippen molar-refractivity contribution in [1.82, 2.24) is 10.2 Å². The van der Waals surface area contributed by atoms with Gasteiger partial charge in [0.05, 0.1) is 24.8 Å². The van der Waals surface area contributed by atoms with Crippen LogP contribution in [0.5, 0.6) is 0 Å². The lowest BCUT2D eigenvalue weighted by Gasteiger charge is -2.51. The third-order valence-electron chi connectivity index (χ3n) is 8.19. The molecule has 5 rings (SSSR count). The van der Waals surface area contributed by atoms with E-state index in [2.05, 4.69) is 19.2 Å². The molecule has 3 fully saturated rings. The molecule has 2 bridgehead atoms. The number of halogens is 4. The number of alkyl halides is 3. The van der Waals surface area contributed by atoms with E-state index in [1.165, 1.54) is 55.3 Å². The number of rotatable bonds is 5. The van der Waals surface area contributed by atoms with Crippen LogP contribution < -0.4 is 5.32 Å². The van der Waals surface area contributed by atoms with Gasteiger partial charge in [-0.15, -0.1) is 0 Å². The van der Waals surface area contributed by atoms with Crippen LogP contribution >= 0.6 is 0 Å². The molecule has 8 heteroatoms. The van der Waals surface area contributed by atoms with Crippen LogP contribution in [0.25, 0.3) is 0 Å². The number of carbonyl (C=O) groups is 1. The van der Waals surface area contributed by atoms with Crippen molar-refractivity contribution in [3.8, 4) is 0 Å². The van der Waals surface area contributed by atoms with Crippen LogP contribution in [0.3, 0.4) is 0 Å². The largest absolute Gasteiger partial charge is 0.416 e. The monoisotopic (exact) mass is 518 g/mol. The molecule has 1 N–H and O–H groups in total. The van der Waals surface area contributed by atoms with Crippen LogP contribution in [-0.4, -0.2) is 35.7 Å². The van der Waals surface area contributed by atoms with Gasteiger partial charge in [-0.25, -0.2) is 9.18 Å². The predicted octanol–water partition coefficient (Wildman–Crippen LogP) is 6.95. The standard InChI is InChI=1S/C29H34F4N2O2/c1-18-11-20-12-19(2)14-28(13-18,15-20)34-27(36)35-16-23(17-35)37-26(21-7-9-22(30)10-8-21)24-5-3-4-6-25(24)29(31,32)33/h3-10,18-20,23,26H,11-17H2,1-2H3,(H,34,36). The lowest BCUT2D eigenvalue weighted by atomic mass is 9.61. The summed E-state index contributed by atoms with van der Waals surface area (Å²) in [6.45, 7) is 5.10. The van der Waals surface area contributed by atoms with E-state index in [0.29, 0.717) is 36.4 Å². The Morgan fingerprint density at radius 2 is 1.62 bits per heavy atom. The van der Waals surface area contributed by atoms with Crippen molar-refractivity contribution >= 4 is 6.03 Å². The van der Waals surface area contributed by atoms with Crippen molar-refractivity contribution in [2.75, 3.05) is 13.1 Å². The Morgan fingerprint density at radius 3 is 2.24 bits per heavy atom. The summed E-state index contributed by atoms with van der Waals surface area (Å²) < 4.78 is 61.1. The average molecular weight is 519 g/mol. The second-order valence-corrected chi connectivity index (χ2v) is 11.6. The fourth-order valence-corrected chi connectivity index (χ4v) is 7.00. The van der Waals surface area contributed by atoms with Crippen LogP contribution in [-0.2, 0) is 10.9 Å². The molecule has 2 amide bonds. The number of nitrogens with one attached hydrogen (secondary N) is 1. The summed E-state index contributed by atoms with van der Waals surface area (Å²) in [5.74, 6) is 1.31. The maximum Gasteiger partial charge on any atom is 0.416 e. The number of ether oxygens (including phenoxy) is 1. The van der Waals surface area contributed by atoms with E-state index < -0.39 is 29.8 Å². The molecule has 0 spiro atoms. The van der Waals surface area contributed by atoms with E-state index in [9.17, 15) is 22.4 Å². The van der Waals surface area contributed by atoms with Gasteiger partial charge in [-0.1, -0.05) is 44.2 Å². The lowest BCUT2D eigenvalue weighted by Crippen LogP contribution is -2.64. The molecule has 3 unspecified atom stereocenters. The van der Waals surface area contributed by atoms with E-state index in [1.54, 1.807) is 4.90 Å². The number of hydrogen-bond acceptors (Lipinski definition) is 2. The summed E-state index contributed by atoms with van der Waals surface area (Å²) in [6.07, 6.45) is -0.619. The third-order valence-corrected chi connectivity index (χ3v) is 8.19. The minimum Gasteiger partial charge on any atom is -0.362 e. The first kappa shape index (κ1) is 26.0. The van der Waals surface area contributed by atoms with E-state index >= 15 is 0 Å². The quantitative estimate of drug-likeness (QED) is 0.435. The number of hydrogen-bond donors (Lipinski definition) is 1. The summed E-state index contributed by atoms with van der Waals surface area (Å²) in [4.78, 5) is 14.8. The summed E-state index contributed by atoms with van der Waals surface area (Å²) in [7, 11) is 0. The minimum atomic E-state index is -4.56. The van der Waals surface area contributed by atoms with Crippen LogP contribution in [0, 0.1) is 23.6 Å². The van der Waals surface area contributed by atoms with Gasteiger partial charge in [-0.3, -0.25) is 0 Å². The number of likely N-dealkylation sites (tertiary alicyclic amines) is 1. The molecule has 1 aliphatic heterocycles. The number of urea groups is 1. The molecular formula is C29H34F4N2O2. The molecular weight excluding hydrogens is 484 g/mol. The van der Waals surface area contributed by atoms with Gasteiger partial charge in [0, 0.05) is 5.54 Å². The van der Waals surface area contributed by atoms with E-state index in [0.717, 1.165) is 25.3 Å². The highest BCUT2D eigenvalue weighted by atomic mass is 19.4. The van der Waals surface area contributed by atoms with Gasteiger partial charge in [0.1, 0.15) is 11.9 Å². The second kappa shape index (κ2) is 9.93. The van der Waals surface area contributed by atoms with Crippen molar-refractivity contribution in [2.24, 2.45) is 17.8 Å². The number of benzene rings is 2. The molecule has 1 saturated heterocycles. The zero-order chi connectivity index (χ0) is 26.4. The first-order valence-corrected chi connectivity index (χ1v) is 13.2. The highest BCUT2D eigenvalue weighted by Crippen LogP contribution is 2.47. The third kappa shape index (κ3) is 5.64. The molecule has 3 atom stereocenters. The fourth-order valence-electron chi connectivity index (χ4n) is 7.00. The maximum absolute atomic E-state index is 13.8. The van der Waals surface area contributed by atoms with Crippen LogP contribution in [0.1, 0.15) is 68.7 Å². The van der Waals surface area contributed by atoms with Gasteiger partial charge < -0.3 is 15.0 Å². The van der Waals surface area contributed by atoms with Gasteiger partial charge in [0.25, 0.3) is 0 Å². The summed E-state index contributed by atoms with van der Waals surface area (Å²) in [5, 5.41) is 3.34. The smallest absolute Gasteiger partial charge is 0.362 e. The summed E-state index contributed by atoms with van der Waals surface area (Å²) >= 11 is 0. The normalized spacial score (nSPS) is 28.9. The molecule has 2 saturated carbocycles. The Labute approximate surface area is 215 Å². The molecule has 2 aliphatic carbocycles. The lowest BCUT2D eigenvalue weighted by molar-refractivity contribution is -0.140. The number of nitrogens with zero attached hydrogens (tertiary/aromatic N) is 1. The van der Waals surface area contributed by atoms with Crippen molar-refractivity contribution in [2.45, 2.75) is 69.9 Å². The van der Waals surface area contributed by atoms with Crippen LogP contribution in [0.4, 0.5) is 22.4 Å². The zero-order valence-electron chi connectivity index (χ0n) is 21.2. The van der Waals surface area contributed by atoms with Crippen molar-refractivity contribution in [3.05, 3.63) is 71.0 Å². The highest BCUT2D eigenvalue weighted by molar-refractivity contribution is 5.76. The van der Waals surface area contributed by atoms with Crippen molar-refractivity contribution in [1.29, 1.82) is 0 Å². The Hall–Kier alpha value is -2.61. The van der Waals surface area contributed by atoms with Crippen molar-refractivity contribution in [3.63, 3.8) is 0 Å². The summed E-state index contributed by atoms with van der Waals surface area (Å²) in [6, 6.07) is 10.5. The van der Waals surface area contributed by atoms with Gasteiger partial charge in [0.2, 0.25) is 0 Å². The SMILES string of the molecule is CC1CC2CC(C)CC(NC(=O)N3CC(OC(c4ccc(F)cc4)c4ccccc4C(F)(F)F)C3)(C1)C2. The predicted molar refractivity (Wildman–Crippen MR) is 132 cm³/mol. The molecule has 3 aliphatic rings. The second-order valence-electron chi connectivity index (χ2n) is 11.6. The zero-order valence-corrected chi connectivity index (χ0v) is 21.2.